The van der Waals surface area contributed by atoms with Gasteiger partial charge in [-0.25, -0.2) is 0 Å². The molecule has 2 heteroatoms. The van der Waals surface area contributed by atoms with Crippen molar-refractivity contribution in [2.24, 2.45) is 23.3 Å². The molecule has 2 atom stereocenters. The molecule has 0 aliphatic heterocycles. The quantitative estimate of drug-likeness (QED) is 0.715. The highest BCUT2D eigenvalue weighted by atomic mass is 14.8. The number of hydrogen-bond acceptors (Lipinski definition) is 2. The van der Waals surface area contributed by atoms with E-state index in [1.165, 1.54) is 25.7 Å². The topological polar surface area (TPSA) is 52.0 Å². The summed E-state index contributed by atoms with van der Waals surface area (Å²) in [5.41, 5.74) is 12.3. The summed E-state index contributed by atoms with van der Waals surface area (Å²) >= 11 is 0. The molecular formula is C12H26N2. The monoisotopic (exact) mass is 198 g/mol. The van der Waals surface area contributed by atoms with Crippen LogP contribution >= 0.6 is 0 Å². The van der Waals surface area contributed by atoms with Crippen molar-refractivity contribution in [3.05, 3.63) is 0 Å². The Morgan fingerprint density at radius 2 is 1.07 bits per heavy atom. The Hall–Kier alpha value is -0.0800. The summed E-state index contributed by atoms with van der Waals surface area (Å²) in [6, 6.07) is 0. The van der Waals surface area contributed by atoms with Crippen molar-refractivity contribution in [3.63, 3.8) is 0 Å². The van der Waals surface area contributed by atoms with E-state index in [4.69, 9.17) is 11.5 Å². The minimum absolute atomic E-state index is 0.0816. The zero-order valence-electron chi connectivity index (χ0n) is 10.1. The Labute approximate surface area is 88.4 Å². The number of nitrogens with two attached hydrogens (primary N) is 2. The molecule has 0 aromatic rings. The lowest BCUT2D eigenvalue weighted by Gasteiger charge is -2.46. The maximum Gasteiger partial charge on any atom is 0.0129 e. The number of hydrogen-bond donors (Lipinski definition) is 2. The van der Waals surface area contributed by atoms with Crippen molar-refractivity contribution in [2.45, 2.75) is 64.5 Å². The van der Waals surface area contributed by atoms with E-state index in [1.54, 1.807) is 0 Å². The second kappa shape index (κ2) is 3.82. The summed E-state index contributed by atoms with van der Waals surface area (Å²) in [7, 11) is 0. The highest BCUT2D eigenvalue weighted by Crippen LogP contribution is 2.40. The van der Waals surface area contributed by atoms with Crippen molar-refractivity contribution < 1.29 is 0 Å². The Bertz CT molecular complexity index is 163. The SMILES string of the molecule is CC(C)(N)[C@@H]1CCCC[C@@H]1C(C)(C)N. The molecule has 14 heavy (non-hydrogen) atoms. The smallest absolute Gasteiger partial charge is 0.0129 e. The first-order chi connectivity index (χ1) is 6.23. The molecule has 1 aliphatic rings. The van der Waals surface area contributed by atoms with Crippen LogP contribution in [0.15, 0.2) is 0 Å². The lowest BCUT2D eigenvalue weighted by Crippen LogP contribution is -2.54. The van der Waals surface area contributed by atoms with E-state index >= 15 is 0 Å². The Morgan fingerprint density at radius 1 is 0.786 bits per heavy atom. The van der Waals surface area contributed by atoms with E-state index in [0.717, 1.165) is 0 Å². The predicted octanol–water partition coefficient (Wildman–Crippen LogP) is 2.27. The molecule has 0 amide bonds. The number of rotatable bonds is 2. The highest BCUT2D eigenvalue weighted by Gasteiger charge is 2.40. The van der Waals surface area contributed by atoms with Crippen LogP contribution in [0.25, 0.3) is 0 Å². The van der Waals surface area contributed by atoms with Gasteiger partial charge in [-0.15, -0.1) is 0 Å². The standard InChI is InChI=1S/C12H26N2/c1-11(2,13)9-7-5-6-8-10(9)12(3,4)14/h9-10H,5-8,13-14H2,1-4H3/t9-,10+. The zero-order chi connectivity index (χ0) is 11.0. The fraction of sp³-hybridized carbons (Fsp3) is 1.00. The van der Waals surface area contributed by atoms with Crippen LogP contribution in [-0.2, 0) is 0 Å². The summed E-state index contributed by atoms with van der Waals surface area (Å²) < 4.78 is 0. The second-order valence-corrected chi connectivity index (χ2v) is 6.14. The maximum atomic E-state index is 6.24. The van der Waals surface area contributed by atoms with Crippen LogP contribution in [0.1, 0.15) is 53.4 Å². The first kappa shape index (κ1) is 12.0. The predicted molar refractivity (Wildman–Crippen MR) is 62.0 cm³/mol. The molecule has 0 aromatic carbocycles. The van der Waals surface area contributed by atoms with Crippen molar-refractivity contribution in [1.82, 2.24) is 0 Å². The zero-order valence-corrected chi connectivity index (χ0v) is 10.1. The van der Waals surface area contributed by atoms with E-state index in [2.05, 4.69) is 27.7 Å². The van der Waals surface area contributed by atoms with Gasteiger partial charge in [-0.3, -0.25) is 0 Å². The van der Waals surface area contributed by atoms with Crippen LogP contribution < -0.4 is 11.5 Å². The van der Waals surface area contributed by atoms with Gasteiger partial charge < -0.3 is 11.5 Å². The molecule has 0 heterocycles. The van der Waals surface area contributed by atoms with E-state index in [1.807, 2.05) is 0 Å². The Morgan fingerprint density at radius 3 is 1.29 bits per heavy atom. The fourth-order valence-electron chi connectivity index (χ4n) is 2.91. The summed E-state index contributed by atoms with van der Waals surface area (Å²) in [5, 5.41) is 0. The third-order valence-electron chi connectivity index (χ3n) is 3.68. The average Bonchev–Trinajstić information content (AvgIpc) is 2.01. The van der Waals surface area contributed by atoms with Crippen LogP contribution in [0.5, 0.6) is 0 Å². The minimum Gasteiger partial charge on any atom is -0.325 e. The molecule has 0 radical (unpaired) electrons. The van der Waals surface area contributed by atoms with Crippen molar-refractivity contribution in [3.8, 4) is 0 Å². The molecule has 2 nitrogen and oxygen atoms in total. The maximum absolute atomic E-state index is 6.24. The van der Waals surface area contributed by atoms with Gasteiger partial charge in [0, 0.05) is 11.1 Å². The molecule has 4 N–H and O–H groups in total. The molecule has 0 bridgehead atoms. The lowest BCUT2D eigenvalue weighted by molar-refractivity contribution is 0.0985. The van der Waals surface area contributed by atoms with E-state index in [9.17, 15) is 0 Å². The largest absolute Gasteiger partial charge is 0.325 e. The molecule has 1 saturated carbocycles. The summed E-state index contributed by atoms with van der Waals surface area (Å²) in [5.74, 6) is 1.16. The third kappa shape index (κ3) is 2.71. The van der Waals surface area contributed by atoms with Crippen molar-refractivity contribution in [2.75, 3.05) is 0 Å². The molecular weight excluding hydrogens is 172 g/mol. The molecule has 1 fully saturated rings. The summed E-state index contributed by atoms with van der Waals surface area (Å²) in [4.78, 5) is 0. The van der Waals surface area contributed by atoms with Gasteiger partial charge >= 0.3 is 0 Å². The molecule has 0 unspecified atom stereocenters. The van der Waals surface area contributed by atoms with Gasteiger partial charge in [-0.2, -0.15) is 0 Å². The van der Waals surface area contributed by atoms with Crippen LogP contribution in [0, 0.1) is 11.8 Å². The first-order valence-electron chi connectivity index (χ1n) is 5.80. The van der Waals surface area contributed by atoms with Gasteiger partial charge in [0.2, 0.25) is 0 Å². The van der Waals surface area contributed by atoms with Crippen molar-refractivity contribution >= 4 is 0 Å². The summed E-state index contributed by atoms with van der Waals surface area (Å²) in [6.45, 7) is 8.56. The molecule has 0 spiro atoms. The molecule has 0 aromatic heterocycles. The molecule has 0 saturated heterocycles. The van der Waals surface area contributed by atoms with Gasteiger partial charge in [-0.1, -0.05) is 12.8 Å². The Kier molecular flexibility index (Phi) is 3.27. The van der Waals surface area contributed by atoms with E-state index in [-0.39, 0.29) is 11.1 Å². The second-order valence-electron chi connectivity index (χ2n) is 6.14. The third-order valence-corrected chi connectivity index (χ3v) is 3.68. The highest BCUT2D eigenvalue weighted by molar-refractivity contribution is 4.97. The van der Waals surface area contributed by atoms with E-state index in [0.29, 0.717) is 11.8 Å². The molecule has 1 rings (SSSR count). The van der Waals surface area contributed by atoms with Crippen LogP contribution in [0.2, 0.25) is 0 Å². The van der Waals surface area contributed by atoms with Gasteiger partial charge in [0.05, 0.1) is 0 Å². The average molecular weight is 198 g/mol. The van der Waals surface area contributed by atoms with Crippen LogP contribution in [0.4, 0.5) is 0 Å². The van der Waals surface area contributed by atoms with Crippen molar-refractivity contribution in [1.29, 1.82) is 0 Å². The summed E-state index contributed by atoms with van der Waals surface area (Å²) in [6.07, 6.45) is 5.12. The normalized spacial score (nSPS) is 30.4. The fourth-order valence-corrected chi connectivity index (χ4v) is 2.91. The molecule has 84 valence electrons. The van der Waals surface area contributed by atoms with Gasteiger partial charge in [0.25, 0.3) is 0 Å². The van der Waals surface area contributed by atoms with Crippen LogP contribution in [-0.4, -0.2) is 11.1 Å². The molecule has 1 aliphatic carbocycles. The van der Waals surface area contributed by atoms with Gasteiger partial charge in [0.1, 0.15) is 0 Å². The van der Waals surface area contributed by atoms with Gasteiger partial charge in [0.15, 0.2) is 0 Å². The van der Waals surface area contributed by atoms with E-state index < -0.39 is 0 Å². The Balaban J connectivity index is 2.80. The lowest BCUT2D eigenvalue weighted by atomic mass is 9.64. The van der Waals surface area contributed by atoms with Gasteiger partial charge in [-0.05, 0) is 52.4 Å². The van der Waals surface area contributed by atoms with Crippen LogP contribution in [0.3, 0.4) is 0 Å². The minimum atomic E-state index is -0.0816. The first-order valence-corrected chi connectivity index (χ1v) is 5.80.